The predicted octanol–water partition coefficient (Wildman–Crippen LogP) is 5.51. The molecule has 170 valence electrons. The summed E-state index contributed by atoms with van der Waals surface area (Å²) in [4.78, 5) is 24.3. The van der Waals surface area contributed by atoms with Crippen LogP contribution in [0.4, 0.5) is 0 Å². The number of rotatable bonds is 8. The molecule has 3 rings (SSSR count). The summed E-state index contributed by atoms with van der Waals surface area (Å²) < 4.78 is 16.9. The number of hydrogen-bond donors (Lipinski definition) is 1. The molecule has 0 aliphatic carbocycles. The molecule has 0 aliphatic rings. The van der Waals surface area contributed by atoms with Gasteiger partial charge in [0.25, 0.3) is 5.91 Å². The molecule has 0 saturated heterocycles. The maximum atomic E-state index is 12.3. The second-order valence-electron chi connectivity index (χ2n) is 6.46. The number of carbonyl (C=O) groups is 2. The highest BCUT2D eigenvalue weighted by molar-refractivity contribution is 9.10. The molecule has 0 atom stereocenters. The minimum absolute atomic E-state index is 0.250. The summed E-state index contributed by atoms with van der Waals surface area (Å²) in [6.45, 7) is -0.285. The first kappa shape index (κ1) is 24.6. The van der Waals surface area contributed by atoms with Gasteiger partial charge in [-0.15, -0.1) is 0 Å². The van der Waals surface area contributed by atoms with E-state index in [1.54, 1.807) is 54.6 Å². The summed E-state index contributed by atoms with van der Waals surface area (Å²) in [5.41, 5.74) is 3.36. The van der Waals surface area contributed by atoms with Crippen LogP contribution in [-0.2, 0) is 4.79 Å². The van der Waals surface area contributed by atoms with Gasteiger partial charge in [0.15, 0.2) is 18.1 Å². The average Bonchev–Trinajstić information content (AvgIpc) is 2.79. The van der Waals surface area contributed by atoms with Gasteiger partial charge in [0.1, 0.15) is 5.75 Å². The Morgan fingerprint density at radius 1 is 1.00 bits per heavy atom. The van der Waals surface area contributed by atoms with E-state index in [9.17, 15) is 9.59 Å². The summed E-state index contributed by atoms with van der Waals surface area (Å²) in [7, 11) is 1.45. The summed E-state index contributed by atoms with van der Waals surface area (Å²) in [5.74, 6) is -0.0888. The number of carbonyl (C=O) groups excluding carboxylic acids is 2. The predicted molar refractivity (Wildman–Crippen MR) is 130 cm³/mol. The Labute approximate surface area is 208 Å². The zero-order chi connectivity index (χ0) is 23.8. The summed E-state index contributed by atoms with van der Waals surface area (Å²) >= 11 is 15.1. The third-order valence-corrected chi connectivity index (χ3v) is 5.18. The van der Waals surface area contributed by atoms with Crippen LogP contribution in [0.3, 0.4) is 0 Å². The SMILES string of the molecule is COc1cc(/C=N\NC(=O)COc2ccc(Cl)cc2Cl)ccc1OC(=O)c1ccc(Br)cc1. The van der Waals surface area contributed by atoms with E-state index in [4.69, 9.17) is 37.4 Å². The lowest BCUT2D eigenvalue weighted by Gasteiger charge is -2.10. The number of amides is 1. The van der Waals surface area contributed by atoms with Crippen molar-refractivity contribution < 1.29 is 23.8 Å². The molecule has 0 heterocycles. The number of nitrogens with zero attached hydrogens (tertiary/aromatic N) is 1. The third kappa shape index (κ3) is 7.21. The molecule has 0 fully saturated rings. The lowest BCUT2D eigenvalue weighted by atomic mass is 10.2. The first-order valence-corrected chi connectivity index (χ1v) is 11.0. The molecule has 0 unspecified atom stereocenters. The molecule has 0 bridgehead atoms. The van der Waals surface area contributed by atoms with Crippen LogP contribution >= 0.6 is 39.1 Å². The number of nitrogens with one attached hydrogen (secondary N) is 1. The molecule has 0 radical (unpaired) electrons. The number of benzene rings is 3. The van der Waals surface area contributed by atoms with E-state index in [2.05, 4.69) is 26.5 Å². The van der Waals surface area contributed by atoms with E-state index in [-0.39, 0.29) is 12.4 Å². The highest BCUT2D eigenvalue weighted by Gasteiger charge is 2.13. The molecular formula is C23H17BrCl2N2O5. The van der Waals surface area contributed by atoms with Gasteiger partial charge in [-0.2, -0.15) is 5.10 Å². The Morgan fingerprint density at radius 3 is 2.42 bits per heavy atom. The maximum Gasteiger partial charge on any atom is 0.343 e. The fourth-order valence-corrected chi connectivity index (χ4v) is 3.27. The Bertz CT molecular complexity index is 1190. The Morgan fingerprint density at radius 2 is 1.73 bits per heavy atom. The van der Waals surface area contributed by atoms with Crippen LogP contribution in [0.25, 0.3) is 0 Å². The van der Waals surface area contributed by atoms with Crippen LogP contribution in [0.1, 0.15) is 15.9 Å². The van der Waals surface area contributed by atoms with E-state index in [0.29, 0.717) is 32.7 Å². The standard InChI is InChI=1S/C23H17BrCl2N2O5/c1-31-21-10-14(2-8-20(21)33-23(30)15-3-5-16(24)6-4-15)12-27-28-22(29)13-32-19-9-7-17(25)11-18(19)26/h2-12H,13H2,1H3,(H,28,29)/b27-12-. The molecule has 0 aliphatic heterocycles. The van der Waals surface area contributed by atoms with Crippen molar-refractivity contribution in [2.75, 3.05) is 13.7 Å². The molecular weight excluding hydrogens is 535 g/mol. The summed E-state index contributed by atoms with van der Waals surface area (Å²) in [5, 5.41) is 4.65. The van der Waals surface area contributed by atoms with Crippen molar-refractivity contribution in [3.05, 3.63) is 86.3 Å². The van der Waals surface area contributed by atoms with Gasteiger partial charge in [-0.05, 0) is 66.2 Å². The number of ether oxygens (including phenoxy) is 3. The second-order valence-corrected chi connectivity index (χ2v) is 8.22. The van der Waals surface area contributed by atoms with Gasteiger partial charge in [0.2, 0.25) is 0 Å². The van der Waals surface area contributed by atoms with Gasteiger partial charge >= 0.3 is 5.97 Å². The lowest BCUT2D eigenvalue weighted by Crippen LogP contribution is -2.24. The molecule has 1 N–H and O–H groups in total. The lowest BCUT2D eigenvalue weighted by molar-refractivity contribution is -0.123. The van der Waals surface area contributed by atoms with Gasteiger partial charge < -0.3 is 14.2 Å². The van der Waals surface area contributed by atoms with Crippen LogP contribution in [0, 0.1) is 0 Å². The fourth-order valence-electron chi connectivity index (χ4n) is 2.54. The molecule has 0 spiro atoms. The summed E-state index contributed by atoms with van der Waals surface area (Å²) in [6.07, 6.45) is 1.41. The van der Waals surface area contributed by atoms with Crippen molar-refractivity contribution in [3.63, 3.8) is 0 Å². The monoisotopic (exact) mass is 550 g/mol. The smallest absolute Gasteiger partial charge is 0.343 e. The third-order valence-electron chi connectivity index (χ3n) is 4.13. The molecule has 10 heteroatoms. The van der Waals surface area contributed by atoms with Crippen molar-refractivity contribution in [2.24, 2.45) is 5.10 Å². The van der Waals surface area contributed by atoms with Crippen molar-refractivity contribution in [1.29, 1.82) is 0 Å². The molecule has 1 amide bonds. The van der Waals surface area contributed by atoms with Gasteiger partial charge in [-0.3, -0.25) is 4.79 Å². The largest absolute Gasteiger partial charge is 0.493 e. The van der Waals surface area contributed by atoms with Gasteiger partial charge in [0.05, 0.1) is 23.9 Å². The van der Waals surface area contributed by atoms with Gasteiger partial charge in [-0.25, -0.2) is 10.2 Å². The zero-order valence-electron chi connectivity index (χ0n) is 17.2. The van der Waals surface area contributed by atoms with Crippen LogP contribution in [-0.4, -0.2) is 31.8 Å². The van der Waals surface area contributed by atoms with E-state index >= 15 is 0 Å². The van der Waals surface area contributed by atoms with Crippen molar-refractivity contribution in [3.8, 4) is 17.2 Å². The number of hydrogen-bond acceptors (Lipinski definition) is 6. The van der Waals surface area contributed by atoms with Crippen LogP contribution in [0.2, 0.25) is 10.0 Å². The minimum atomic E-state index is -0.518. The molecule has 3 aromatic carbocycles. The average molecular weight is 552 g/mol. The number of hydrazone groups is 1. The van der Waals surface area contributed by atoms with Crippen molar-refractivity contribution in [2.45, 2.75) is 0 Å². The number of methoxy groups -OCH3 is 1. The first-order valence-electron chi connectivity index (χ1n) is 9.41. The fraction of sp³-hybridized carbons (Fsp3) is 0.0870. The molecule has 0 aromatic heterocycles. The topological polar surface area (TPSA) is 86.2 Å². The highest BCUT2D eigenvalue weighted by atomic mass is 79.9. The van der Waals surface area contributed by atoms with E-state index < -0.39 is 11.9 Å². The van der Waals surface area contributed by atoms with Gasteiger partial charge in [-0.1, -0.05) is 39.1 Å². The Kier molecular flexibility index (Phi) is 8.71. The zero-order valence-corrected chi connectivity index (χ0v) is 20.3. The minimum Gasteiger partial charge on any atom is -0.493 e. The molecule has 33 heavy (non-hydrogen) atoms. The number of esters is 1. The summed E-state index contributed by atoms with van der Waals surface area (Å²) in [6, 6.07) is 16.3. The first-order chi connectivity index (χ1) is 15.9. The van der Waals surface area contributed by atoms with Crippen molar-refractivity contribution >= 4 is 57.2 Å². The van der Waals surface area contributed by atoms with E-state index in [0.717, 1.165) is 4.47 Å². The van der Waals surface area contributed by atoms with E-state index in [1.807, 2.05) is 0 Å². The second kappa shape index (κ2) is 11.7. The van der Waals surface area contributed by atoms with Gasteiger partial charge in [0, 0.05) is 9.50 Å². The highest BCUT2D eigenvalue weighted by Crippen LogP contribution is 2.29. The molecule has 0 saturated carbocycles. The Hall–Kier alpha value is -3.07. The van der Waals surface area contributed by atoms with Crippen molar-refractivity contribution in [1.82, 2.24) is 5.43 Å². The van der Waals surface area contributed by atoms with E-state index in [1.165, 1.54) is 19.4 Å². The quantitative estimate of drug-likeness (QED) is 0.172. The van der Waals surface area contributed by atoms with Crippen LogP contribution in [0.15, 0.2) is 70.2 Å². The maximum absolute atomic E-state index is 12.3. The molecule has 7 nitrogen and oxygen atoms in total. The Balaban J connectivity index is 1.56. The van der Waals surface area contributed by atoms with Crippen LogP contribution < -0.4 is 19.6 Å². The van der Waals surface area contributed by atoms with Crippen LogP contribution in [0.5, 0.6) is 17.2 Å². The molecule has 3 aromatic rings. The number of halogens is 3. The normalized spacial score (nSPS) is 10.7.